The maximum Gasteiger partial charge on any atom is 0.193 e. The number of unbranched alkanes of at least 4 members (excludes halogenated alkanes) is 7. The molecule has 0 heterocycles. The fourth-order valence-electron chi connectivity index (χ4n) is 3.17. The molecule has 0 saturated carbocycles. The molecule has 2 aromatic rings. The second-order valence-electron chi connectivity index (χ2n) is 7.19. The SMILES string of the molecule is O=C(c1ccccc1)c1ccc(CCCC#CCCCCCCCCO)cc1. The highest BCUT2D eigenvalue weighted by Crippen LogP contribution is 2.12. The molecular weight excluding hydrogens is 344 g/mol. The van der Waals surface area contributed by atoms with Crippen LogP contribution in [0, 0.1) is 11.8 Å². The first-order chi connectivity index (χ1) is 13.8. The molecule has 148 valence electrons. The third-order valence-corrected chi connectivity index (χ3v) is 4.85. The Kier molecular flexibility index (Phi) is 10.8. The molecule has 2 aromatic carbocycles. The van der Waals surface area contributed by atoms with E-state index in [2.05, 4.69) is 24.0 Å². The van der Waals surface area contributed by atoms with E-state index in [-0.39, 0.29) is 5.78 Å². The lowest BCUT2D eigenvalue weighted by atomic mass is 10.0. The second kappa shape index (κ2) is 13.7. The van der Waals surface area contributed by atoms with Gasteiger partial charge in [0.1, 0.15) is 0 Å². The molecule has 2 heteroatoms. The van der Waals surface area contributed by atoms with E-state index in [1.807, 2.05) is 42.5 Å². The van der Waals surface area contributed by atoms with Crippen LogP contribution >= 0.6 is 0 Å². The van der Waals surface area contributed by atoms with Crippen molar-refractivity contribution in [3.8, 4) is 11.8 Å². The van der Waals surface area contributed by atoms with Crippen LogP contribution in [0.15, 0.2) is 54.6 Å². The molecule has 2 nitrogen and oxygen atoms in total. The number of carbonyl (C=O) groups is 1. The molecule has 2 rings (SSSR count). The highest BCUT2D eigenvalue weighted by molar-refractivity contribution is 6.08. The number of benzene rings is 2. The average molecular weight is 377 g/mol. The minimum Gasteiger partial charge on any atom is -0.396 e. The quantitative estimate of drug-likeness (QED) is 0.282. The van der Waals surface area contributed by atoms with Crippen LogP contribution in [0.25, 0.3) is 0 Å². The molecule has 0 aromatic heterocycles. The molecule has 0 spiro atoms. The van der Waals surface area contributed by atoms with Gasteiger partial charge >= 0.3 is 0 Å². The summed E-state index contributed by atoms with van der Waals surface area (Å²) in [6.45, 7) is 0.321. The fraction of sp³-hybridized carbons (Fsp3) is 0.423. The lowest BCUT2D eigenvalue weighted by Crippen LogP contribution is -2.00. The van der Waals surface area contributed by atoms with Crippen molar-refractivity contribution in [3.05, 3.63) is 71.3 Å². The van der Waals surface area contributed by atoms with Crippen molar-refractivity contribution in [2.24, 2.45) is 0 Å². The molecule has 0 amide bonds. The maximum absolute atomic E-state index is 12.4. The van der Waals surface area contributed by atoms with Crippen LogP contribution in [0.3, 0.4) is 0 Å². The number of ketones is 1. The van der Waals surface area contributed by atoms with Crippen molar-refractivity contribution >= 4 is 5.78 Å². The molecule has 0 radical (unpaired) electrons. The van der Waals surface area contributed by atoms with Gasteiger partial charge in [-0.05, 0) is 31.2 Å². The Morgan fingerprint density at radius 1 is 0.679 bits per heavy atom. The summed E-state index contributed by atoms with van der Waals surface area (Å²) in [5.74, 6) is 6.64. The van der Waals surface area contributed by atoms with E-state index >= 15 is 0 Å². The van der Waals surface area contributed by atoms with Gasteiger partial charge in [0.25, 0.3) is 0 Å². The fourth-order valence-corrected chi connectivity index (χ4v) is 3.17. The van der Waals surface area contributed by atoms with E-state index in [1.54, 1.807) is 0 Å². The topological polar surface area (TPSA) is 37.3 Å². The molecule has 28 heavy (non-hydrogen) atoms. The second-order valence-corrected chi connectivity index (χ2v) is 7.19. The number of hydrogen-bond acceptors (Lipinski definition) is 2. The highest BCUT2D eigenvalue weighted by atomic mass is 16.2. The molecule has 0 fully saturated rings. The average Bonchev–Trinajstić information content (AvgIpc) is 2.75. The van der Waals surface area contributed by atoms with Crippen LogP contribution < -0.4 is 0 Å². The van der Waals surface area contributed by atoms with Crippen LogP contribution in [0.1, 0.15) is 79.3 Å². The lowest BCUT2D eigenvalue weighted by molar-refractivity contribution is 0.103. The van der Waals surface area contributed by atoms with E-state index in [1.165, 1.54) is 31.2 Å². The van der Waals surface area contributed by atoms with Gasteiger partial charge in [0.15, 0.2) is 5.78 Å². The van der Waals surface area contributed by atoms with Gasteiger partial charge < -0.3 is 5.11 Å². The van der Waals surface area contributed by atoms with Gasteiger partial charge in [-0.2, -0.15) is 0 Å². The molecule has 0 aliphatic carbocycles. The highest BCUT2D eigenvalue weighted by Gasteiger charge is 2.07. The van der Waals surface area contributed by atoms with Crippen LogP contribution in [0.4, 0.5) is 0 Å². The van der Waals surface area contributed by atoms with Gasteiger partial charge in [0.05, 0.1) is 0 Å². The maximum atomic E-state index is 12.4. The standard InChI is InChI=1S/C26H32O2/c27-22-14-9-7-5-3-1-2-4-6-8-11-15-23-18-20-25(21-19-23)26(28)24-16-12-10-13-17-24/h10,12-13,16-21,27H,1-3,5,7-9,11,14-15,22H2. The summed E-state index contributed by atoms with van der Waals surface area (Å²) in [6, 6.07) is 17.4. The molecule has 0 bridgehead atoms. The molecule has 0 aliphatic rings. The number of aryl methyl sites for hydroxylation is 1. The zero-order valence-corrected chi connectivity index (χ0v) is 16.8. The normalized spacial score (nSPS) is 10.3. The Hall–Kier alpha value is -2.37. The van der Waals surface area contributed by atoms with Crippen molar-refractivity contribution in [3.63, 3.8) is 0 Å². The van der Waals surface area contributed by atoms with Gasteiger partial charge in [0.2, 0.25) is 0 Å². The zero-order chi connectivity index (χ0) is 19.9. The Labute approximate surface area is 170 Å². The lowest BCUT2D eigenvalue weighted by Gasteiger charge is -2.03. The van der Waals surface area contributed by atoms with Crippen molar-refractivity contribution in [2.45, 2.75) is 64.2 Å². The summed E-state index contributed by atoms with van der Waals surface area (Å²) in [7, 11) is 0. The minimum absolute atomic E-state index is 0.0754. The summed E-state index contributed by atoms with van der Waals surface area (Å²) in [4.78, 5) is 12.4. The van der Waals surface area contributed by atoms with E-state index in [0.29, 0.717) is 6.61 Å². The van der Waals surface area contributed by atoms with Gasteiger partial charge in [0, 0.05) is 30.6 Å². The summed E-state index contributed by atoms with van der Waals surface area (Å²) < 4.78 is 0. The Bertz CT molecular complexity index is 735. The number of rotatable bonds is 12. The third kappa shape index (κ3) is 8.55. The molecule has 0 aliphatic heterocycles. The van der Waals surface area contributed by atoms with Gasteiger partial charge in [-0.1, -0.05) is 80.3 Å². The van der Waals surface area contributed by atoms with Crippen molar-refractivity contribution in [2.75, 3.05) is 6.61 Å². The van der Waals surface area contributed by atoms with Crippen molar-refractivity contribution in [1.82, 2.24) is 0 Å². The molecule has 1 N–H and O–H groups in total. The zero-order valence-electron chi connectivity index (χ0n) is 16.8. The van der Waals surface area contributed by atoms with Gasteiger partial charge in [-0.3, -0.25) is 4.79 Å². The van der Waals surface area contributed by atoms with Crippen LogP contribution in [-0.2, 0) is 6.42 Å². The summed E-state index contributed by atoms with van der Waals surface area (Å²) in [5, 5.41) is 8.73. The van der Waals surface area contributed by atoms with E-state index < -0.39 is 0 Å². The number of aliphatic hydroxyl groups is 1. The molecule has 0 atom stereocenters. The van der Waals surface area contributed by atoms with Crippen molar-refractivity contribution in [1.29, 1.82) is 0 Å². The third-order valence-electron chi connectivity index (χ3n) is 4.85. The number of aliphatic hydroxyl groups excluding tert-OH is 1. The first kappa shape index (κ1) is 21.9. The van der Waals surface area contributed by atoms with Gasteiger partial charge in [-0.25, -0.2) is 0 Å². The smallest absolute Gasteiger partial charge is 0.193 e. The van der Waals surface area contributed by atoms with Crippen LogP contribution in [-0.4, -0.2) is 17.5 Å². The predicted molar refractivity (Wildman–Crippen MR) is 116 cm³/mol. The van der Waals surface area contributed by atoms with Gasteiger partial charge in [-0.15, -0.1) is 11.8 Å². The summed E-state index contributed by atoms with van der Waals surface area (Å²) in [5.41, 5.74) is 2.73. The Morgan fingerprint density at radius 2 is 1.25 bits per heavy atom. The number of carbonyl (C=O) groups excluding carboxylic acids is 1. The first-order valence-electron chi connectivity index (χ1n) is 10.6. The van der Waals surface area contributed by atoms with Crippen LogP contribution in [0.2, 0.25) is 0 Å². The van der Waals surface area contributed by atoms with Crippen molar-refractivity contribution < 1.29 is 9.90 Å². The van der Waals surface area contributed by atoms with E-state index in [9.17, 15) is 4.79 Å². The van der Waals surface area contributed by atoms with Crippen LogP contribution in [0.5, 0.6) is 0 Å². The molecular formula is C26H32O2. The summed E-state index contributed by atoms with van der Waals surface area (Å²) in [6.07, 6.45) is 11.0. The minimum atomic E-state index is 0.0754. The monoisotopic (exact) mass is 376 g/mol. The Morgan fingerprint density at radius 3 is 1.93 bits per heavy atom. The first-order valence-corrected chi connectivity index (χ1v) is 10.6. The Balaban J connectivity index is 1.59. The molecule has 0 unspecified atom stereocenters. The van der Waals surface area contributed by atoms with E-state index in [4.69, 9.17) is 5.11 Å². The predicted octanol–water partition coefficient (Wildman–Crippen LogP) is 5.97. The molecule has 0 saturated heterocycles. The van der Waals surface area contributed by atoms with E-state index in [0.717, 1.165) is 49.7 Å². The largest absolute Gasteiger partial charge is 0.396 e. The number of hydrogen-bond donors (Lipinski definition) is 1. The summed E-state index contributed by atoms with van der Waals surface area (Å²) >= 11 is 0.